The van der Waals surface area contributed by atoms with Gasteiger partial charge in [-0.2, -0.15) is 0 Å². The molecule has 0 aliphatic carbocycles. The van der Waals surface area contributed by atoms with E-state index in [1.807, 2.05) is 13.8 Å². The zero-order chi connectivity index (χ0) is 32.5. The minimum absolute atomic E-state index is 0. The average Bonchev–Trinajstić information content (AvgIpc) is 2.94. The van der Waals surface area contributed by atoms with E-state index in [0.717, 1.165) is 6.42 Å². The van der Waals surface area contributed by atoms with Crippen molar-refractivity contribution in [2.24, 2.45) is 11.7 Å². The van der Waals surface area contributed by atoms with Crippen molar-refractivity contribution in [1.29, 1.82) is 0 Å². The van der Waals surface area contributed by atoms with Crippen molar-refractivity contribution in [1.82, 2.24) is 0 Å². The average molecular weight is 637 g/mol. The van der Waals surface area contributed by atoms with E-state index < -0.39 is 59.3 Å². The molecule has 3 aromatic rings. The van der Waals surface area contributed by atoms with Gasteiger partial charge in [0, 0.05) is 23.6 Å². The van der Waals surface area contributed by atoms with Crippen molar-refractivity contribution in [2.75, 3.05) is 12.4 Å². The molecule has 2 aromatic carbocycles. The molecule has 4 rings (SSSR count). The van der Waals surface area contributed by atoms with Crippen LogP contribution in [0, 0.1) is 12.8 Å². The fourth-order valence-electron chi connectivity index (χ4n) is 5.22. The molecule has 0 saturated carbocycles. The first kappa shape index (κ1) is 36.1. The van der Waals surface area contributed by atoms with Gasteiger partial charge in [-0.1, -0.05) is 19.6 Å². The SMILES string of the molecule is CO[C@@H]1[C@@H](OC(N)=O)[C@@H](O)[C@H](Oc2ccc3c([O-])c(NC(=O)c4ccc(O)c(CCC(C)C)c4)c(=O)oc3c2C)OC1(C)C.[Na+]. The Balaban J connectivity index is 0.00000552. The van der Waals surface area contributed by atoms with Crippen molar-refractivity contribution < 1.29 is 77.8 Å². The largest absolute Gasteiger partial charge is 1.00 e. The molecule has 2 heterocycles. The predicted molar refractivity (Wildman–Crippen MR) is 157 cm³/mol. The Hall–Kier alpha value is -3.33. The number of primary amides is 1. The van der Waals surface area contributed by atoms with E-state index in [1.54, 1.807) is 13.8 Å². The number of benzene rings is 2. The number of methoxy groups -OCH3 is 1. The summed E-state index contributed by atoms with van der Waals surface area (Å²) in [5.74, 6) is -0.956. The van der Waals surface area contributed by atoms with Crippen LogP contribution in [0.5, 0.6) is 17.2 Å². The first-order valence-electron chi connectivity index (χ1n) is 14.1. The van der Waals surface area contributed by atoms with Gasteiger partial charge in [0.25, 0.3) is 5.91 Å². The zero-order valence-corrected chi connectivity index (χ0v) is 28.3. The number of hydrogen-bond donors (Lipinski definition) is 4. The molecule has 1 aliphatic heterocycles. The molecule has 0 unspecified atom stereocenters. The van der Waals surface area contributed by atoms with Gasteiger partial charge in [-0.25, -0.2) is 9.59 Å². The van der Waals surface area contributed by atoms with Crippen molar-refractivity contribution in [3.05, 3.63) is 57.4 Å². The minimum Gasteiger partial charge on any atom is -0.870 e. The van der Waals surface area contributed by atoms with Gasteiger partial charge in [0.15, 0.2) is 12.2 Å². The van der Waals surface area contributed by atoms with Crippen LogP contribution >= 0.6 is 0 Å². The van der Waals surface area contributed by atoms with Crippen LogP contribution in [0.15, 0.2) is 39.5 Å². The number of aliphatic hydroxyl groups is 1. The number of aryl methyl sites for hydroxylation is 2. The molecule has 5 N–H and O–H groups in total. The maximum Gasteiger partial charge on any atom is 1.00 e. The smallest absolute Gasteiger partial charge is 0.870 e. The number of ether oxygens (including phenoxy) is 4. The van der Waals surface area contributed by atoms with Gasteiger partial charge in [-0.15, -0.1) is 0 Å². The molecule has 0 spiro atoms. The molecule has 45 heavy (non-hydrogen) atoms. The molecule has 0 radical (unpaired) electrons. The van der Waals surface area contributed by atoms with Gasteiger partial charge in [0.05, 0.1) is 5.60 Å². The summed E-state index contributed by atoms with van der Waals surface area (Å²) in [7, 11) is 1.36. The molecule has 2 amide bonds. The van der Waals surface area contributed by atoms with Crippen LogP contribution in [0.25, 0.3) is 11.0 Å². The van der Waals surface area contributed by atoms with Crippen LogP contribution in [-0.2, 0) is 20.6 Å². The Labute approximate surface area is 281 Å². The summed E-state index contributed by atoms with van der Waals surface area (Å²) in [4.78, 5) is 37.4. The van der Waals surface area contributed by atoms with Crippen LogP contribution in [0.4, 0.5) is 10.5 Å². The Morgan fingerprint density at radius 3 is 2.51 bits per heavy atom. The third-order valence-electron chi connectivity index (χ3n) is 7.57. The normalized spacial score (nSPS) is 20.8. The topological polar surface area (TPSA) is 203 Å². The summed E-state index contributed by atoms with van der Waals surface area (Å²) in [6, 6.07) is 7.06. The Morgan fingerprint density at radius 2 is 1.89 bits per heavy atom. The Morgan fingerprint density at radius 1 is 1.20 bits per heavy atom. The summed E-state index contributed by atoms with van der Waals surface area (Å²) < 4.78 is 27.8. The van der Waals surface area contributed by atoms with E-state index in [2.05, 4.69) is 5.32 Å². The van der Waals surface area contributed by atoms with Crippen LogP contribution in [0.2, 0.25) is 0 Å². The summed E-state index contributed by atoms with van der Waals surface area (Å²) in [5.41, 5.74) is 3.31. The van der Waals surface area contributed by atoms with Crippen LogP contribution in [-0.4, -0.2) is 59.5 Å². The molecule has 1 saturated heterocycles. The number of rotatable bonds is 9. The van der Waals surface area contributed by atoms with Crippen molar-refractivity contribution >= 4 is 28.7 Å². The molecule has 238 valence electrons. The van der Waals surface area contributed by atoms with Gasteiger partial charge in [-0.3, -0.25) is 4.79 Å². The van der Waals surface area contributed by atoms with Gasteiger partial charge in [0.2, 0.25) is 6.29 Å². The molecule has 1 fully saturated rings. The standard InChI is InChI=1S/C31H38N2O11.Na/c1-14(2)7-8-16-13-17(9-11-19(16)34)27(37)33-21-22(35)18-10-12-20(15(3)24(18)42-28(21)38)41-29-23(36)25(43-30(32)39)26(40-6)31(4,5)44-29;/h9-14,23,25-26,29,34-36H,7-8H2,1-6H3,(H2,32,39)(H,33,37);/q;+1/p-1/t23-,25+,26-,29-;/m1./s1. The van der Waals surface area contributed by atoms with Crippen molar-refractivity contribution in [2.45, 2.75) is 77.7 Å². The molecule has 1 aliphatic rings. The van der Waals surface area contributed by atoms with E-state index >= 15 is 0 Å². The number of nitrogens with two attached hydrogens (primary N) is 1. The van der Waals surface area contributed by atoms with Crippen molar-refractivity contribution in [3.8, 4) is 17.2 Å². The number of hydrogen-bond acceptors (Lipinski definition) is 11. The third-order valence-corrected chi connectivity index (χ3v) is 7.57. The van der Waals surface area contributed by atoms with E-state index in [1.165, 1.54) is 44.4 Å². The number of aromatic hydroxyl groups is 1. The zero-order valence-electron chi connectivity index (χ0n) is 26.3. The number of carbonyl (C=O) groups is 2. The maximum absolute atomic E-state index is 13.3. The van der Waals surface area contributed by atoms with Crippen LogP contribution in [0.3, 0.4) is 0 Å². The second-order valence-electron chi connectivity index (χ2n) is 11.6. The number of carbonyl (C=O) groups excluding carboxylic acids is 2. The van der Waals surface area contributed by atoms with Gasteiger partial charge in [0.1, 0.15) is 28.9 Å². The van der Waals surface area contributed by atoms with Crippen LogP contribution < -0.4 is 56.1 Å². The van der Waals surface area contributed by atoms with Gasteiger partial charge < -0.3 is 49.7 Å². The molecular weight excluding hydrogens is 599 g/mol. The second-order valence-corrected chi connectivity index (χ2v) is 11.6. The molecule has 4 atom stereocenters. The first-order chi connectivity index (χ1) is 20.6. The quantitative estimate of drug-likeness (QED) is 0.183. The molecule has 14 heteroatoms. The minimum atomic E-state index is -1.53. The molecule has 13 nitrogen and oxygen atoms in total. The van der Waals surface area contributed by atoms with Gasteiger partial charge in [-0.05, 0) is 75.4 Å². The fourth-order valence-corrected chi connectivity index (χ4v) is 5.22. The number of phenolic OH excluding ortho intramolecular Hbond substituents is 1. The fraction of sp³-hybridized carbons (Fsp3) is 0.452. The number of fused-ring (bicyclic) bond motifs is 1. The maximum atomic E-state index is 13.3. The summed E-state index contributed by atoms with van der Waals surface area (Å²) in [6.07, 6.45) is -4.80. The van der Waals surface area contributed by atoms with E-state index in [0.29, 0.717) is 17.9 Å². The number of anilines is 1. The number of amides is 2. The first-order valence-corrected chi connectivity index (χ1v) is 14.1. The number of nitrogens with one attached hydrogen (secondary N) is 1. The van der Waals surface area contributed by atoms with E-state index in [4.69, 9.17) is 29.1 Å². The van der Waals surface area contributed by atoms with E-state index in [9.17, 15) is 29.7 Å². The predicted octanol–water partition coefficient (Wildman–Crippen LogP) is 0.0790. The Bertz CT molecular complexity index is 1620. The van der Waals surface area contributed by atoms with E-state index in [-0.39, 0.29) is 63.2 Å². The molecular formula is C31H37N2NaO11. The second kappa shape index (κ2) is 14.4. The summed E-state index contributed by atoms with van der Waals surface area (Å²) in [6.45, 7) is 8.92. The third kappa shape index (κ3) is 7.74. The monoisotopic (exact) mass is 636 g/mol. The van der Waals surface area contributed by atoms with Gasteiger partial charge >= 0.3 is 41.3 Å². The van der Waals surface area contributed by atoms with Crippen molar-refractivity contribution in [3.63, 3.8) is 0 Å². The van der Waals surface area contributed by atoms with Crippen LogP contribution in [0.1, 0.15) is 55.6 Å². The molecule has 0 bridgehead atoms. The number of aliphatic hydroxyl groups excluding tert-OH is 1. The molecule has 1 aromatic heterocycles. The Kier molecular flexibility index (Phi) is 11.6. The summed E-state index contributed by atoms with van der Waals surface area (Å²) >= 11 is 0. The number of phenols is 1. The summed E-state index contributed by atoms with van der Waals surface area (Å²) in [5, 5.41) is 36.8.